The molecule has 0 amide bonds. The topological polar surface area (TPSA) is 21.9 Å². The number of para-hydroxylation sites is 2. The summed E-state index contributed by atoms with van der Waals surface area (Å²) in [5.74, 6) is 0. The highest BCUT2D eigenvalue weighted by Gasteiger charge is 2.32. The van der Waals surface area contributed by atoms with E-state index < -0.39 is 0 Å². The van der Waals surface area contributed by atoms with E-state index in [4.69, 9.17) is 0 Å². The van der Waals surface area contributed by atoms with E-state index in [0.29, 0.717) is 0 Å². The minimum Gasteiger partial charge on any atom is -0.385 e. The van der Waals surface area contributed by atoms with Crippen LogP contribution in [0.1, 0.15) is 22.5 Å². The van der Waals surface area contributed by atoms with E-state index in [-0.39, 0.29) is 0 Å². The van der Waals surface area contributed by atoms with Crippen molar-refractivity contribution in [2.75, 3.05) is 0 Å². The van der Waals surface area contributed by atoms with Crippen LogP contribution in [0.15, 0.2) is 115 Å². The molecule has 1 aliphatic heterocycles. The van der Waals surface area contributed by atoms with Crippen LogP contribution < -0.4 is 5.32 Å². The third-order valence-electron chi connectivity index (χ3n) is 8.10. The first kappa shape index (κ1) is 21.3. The molecule has 4 aromatic carbocycles. The van der Waals surface area contributed by atoms with Gasteiger partial charge in [0.2, 0.25) is 0 Å². The summed E-state index contributed by atoms with van der Waals surface area (Å²) in [4.78, 5) is 0. The minimum absolute atomic E-state index is 0.820. The van der Waals surface area contributed by atoms with Gasteiger partial charge in [0, 0.05) is 33.6 Å². The number of fused-ring (bicyclic) bond motifs is 7. The Hall–Kier alpha value is -4.76. The van der Waals surface area contributed by atoms with Crippen LogP contribution in [0.2, 0.25) is 0 Å². The van der Waals surface area contributed by atoms with Gasteiger partial charge in [-0.25, -0.2) is 0 Å². The lowest BCUT2D eigenvalue weighted by Crippen LogP contribution is -2.14. The molecule has 182 valence electrons. The highest BCUT2D eigenvalue weighted by molar-refractivity contribution is 6.01. The molecule has 0 saturated carbocycles. The van der Waals surface area contributed by atoms with Gasteiger partial charge in [0.05, 0.1) is 23.4 Å². The zero-order chi connectivity index (χ0) is 25.1. The Bertz CT molecular complexity index is 1850. The molecule has 3 heteroatoms. The van der Waals surface area contributed by atoms with Crippen LogP contribution in [0, 0.1) is 0 Å². The Morgan fingerprint density at radius 2 is 1.34 bits per heavy atom. The zero-order valence-corrected chi connectivity index (χ0v) is 21.1. The summed E-state index contributed by atoms with van der Waals surface area (Å²) in [5, 5.41) is 4.81. The molecule has 0 fully saturated rings. The van der Waals surface area contributed by atoms with Crippen molar-refractivity contribution in [1.29, 1.82) is 0 Å². The molecule has 3 heterocycles. The summed E-state index contributed by atoms with van der Waals surface area (Å²) < 4.78 is 5.02. The van der Waals surface area contributed by atoms with Crippen LogP contribution in [-0.2, 0) is 19.4 Å². The maximum atomic E-state index is 3.49. The molecule has 0 saturated heterocycles. The van der Waals surface area contributed by atoms with Crippen molar-refractivity contribution in [2.24, 2.45) is 0 Å². The van der Waals surface area contributed by atoms with E-state index in [0.717, 1.165) is 19.4 Å². The van der Waals surface area contributed by atoms with E-state index in [1.165, 1.54) is 67.2 Å². The molecule has 2 aliphatic rings. The second-order valence-corrected chi connectivity index (χ2v) is 10.2. The fourth-order valence-electron chi connectivity index (χ4n) is 6.53. The van der Waals surface area contributed by atoms with E-state index >= 15 is 0 Å². The van der Waals surface area contributed by atoms with Crippen molar-refractivity contribution in [3.8, 4) is 33.8 Å². The smallest absolute Gasteiger partial charge is 0.0595 e. The number of hydrogen-bond donors (Lipinski definition) is 1. The molecule has 6 aromatic rings. The number of nitrogens with zero attached hydrogens (tertiary/aromatic N) is 2. The molecular weight excluding hydrogens is 462 g/mol. The highest BCUT2D eigenvalue weighted by Crippen LogP contribution is 2.47. The van der Waals surface area contributed by atoms with Crippen LogP contribution >= 0.6 is 0 Å². The molecule has 0 unspecified atom stereocenters. The maximum absolute atomic E-state index is 3.49. The first-order chi connectivity index (χ1) is 18.9. The van der Waals surface area contributed by atoms with Crippen LogP contribution in [0.4, 0.5) is 0 Å². The predicted octanol–water partition coefficient (Wildman–Crippen LogP) is 7.93. The molecule has 0 atom stereocenters. The lowest BCUT2D eigenvalue weighted by molar-refractivity contribution is 0.797. The Morgan fingerprint density at radius 3 is 2.21 bits per heavy atom. The van der Waals surface area contributed by atoms with E-state index in [1.807, 2.05) is 0 Å². The summed E-state index contributed by atoms with van der Waals surface area (Å²) in [6.07, 6.45) is 6.43. The van der Waals surface area contributed by atoms with Gasteiger partial charge in [-0.3, -0.25) is 0 Å². The Morgan fingerprint density at radius 1 is 0.605 bits per heavy atom. The third-order valence-corrected chi connectivity index (χ3v) is 8.10. The van der Waals surface area contributed by atoms with Crippen molar-refractivity contribution in [3.63, 3.8) is 0 Å². The lowest BCUT2D eigenvalue weighted by atomic mass is 9.90. The molecule has 1 aliphatic carbocycles. The summed E-state index contributed by atoms with van der Waals surface area (Å²) in [6.45, 7) is 0.820. The Balaban J connectivity index is 1.45. The second kappa shape index (κ2) is 8.39. The molecule has 0 spiro atoms. The van der Waals surface area contributed by atoms with Crippen LogP contribution in [0.3, 0.4) is 0 Å². The third kappa shape index (κ3) is 3.08. The van der Waals surface area contributed by atoms with Gasteiger partial charge in [0.25, 0.3) is 0 Å². The van der Waals surface area contributed by atoms with Gasteiger partial charge in [-0.15, -0.1) is 0 Å². The van der Waals surface area contributed by atoms with E-state index in [2.05, 4.69) is 136 Å². The largest absolute Gasteiger partial charge is 0.385 e. The van der Waals surface area contributed by atoms with Gasteiger partial charge >= 0.3 is 0 Å². The molecule has 0 radical (unpaired) electrons. The molecule has 0 bridgehead atoms. The number of rotatable bonds is 3. The Labute approximate surface area is 222 Å². The van der Waals surface area contributed by atoms with Gasteiger partial charge < -0.3 is 14.5 Å². The van der Waals surface area contributed by atoms with Crippen molar-refractivity contribution in [3.05, 3.63) is 138 Å². The minimum atomic E-state index is 0.820. The first-order valence-electron chi connectivity index (χ1n) is 13.4. The number of benzene rings is 4. The molecule has 1 N–H and O–H groups in total. The van der Waals surface area contributed by atoms with Gasteiger partial charge in [-0.1, -0.05) is 78.9 Å². The average Bonchev–Trinajstić information content (AvgIpc) is 3.51. The lowest BCUT2D eigenvalue weighted by Gasteiger charge is -2.21. The monoisotopic (exact) mass is 489 g/mol. The predicted molar refractivity (Wildman–Crippen MR) is 157 cm³/mol. The number of aromatic nitrogens is 2. The normalized spacial score (nSPS) is 13.6. The molecule has 38 heavy (non-hydrogen) atoms. The van der Waals surface area contributed by atoms with Gasteiger partial charge in [-0.05, 0) is 72.1 Å². The van der Waals surface area contributed by atoms with Gasteiger partial charge in [0.1, 0.15) is 0 Å². The van der Waals surface area contributed by atoms with Gasteiger partial charge in [-0.2, -0.15) is 0 Å². The number of hydrogen-bond acceptors (Lipinski definition) is 1. The molecular formula is C35H27N3. The maximum Gasteiger partial charge on any atom is 0.0595 e. The summed E-state index contributed by atoms with van der Waals surface area (Å²) >= 11 is 0. The molecule has 2 aromatic heterocycles. The first-order valence-corrected chi connectivity index (χ1v) is 13.4. The fraction of sp³-hybridized carbons (Fsp3) is 0.0857. The second-order valence-electron chi connectivity index (χ2n) is 10.2. The quantitative estimate of drug-likeness (QED) is 0.268. The van der Waals surface area contributed by atoms with Crippen LogP contribution in [0.25, 0.3) is 50.7 Å². The van der Waals surface area contributed by atoms with Crippen LogP contribution in [0.5, 0.6) is 0 Å². The van der Waals surface area contributed by atoms with E-state index in [9.17, 15) is 0 Å². The van der Waals surface area contributed by atoms with Crippen molar-refractivity contribution >= 4 is 17.0 Å². The van der Waals surface area contributed by atoms with Crippen molar-refractivity contribution < 1.29 is 0 Å². The SMILES string of the molecule is C1=Cc2c3c(n(-c4cccc(-c5ccccc5)c4)c2CN1)-c1c(n(-c2ccccc2)c2ccccc12)CC3. The van der Waals surface area contributed by atoms with E-state index in [1.54, 1.807) is 0 Å². The number of nitrogens with one attached hydrogen (secondary N) is 1. The Kier molecular flexibility index (Phi) is 4.71. The van der Waals surface area contributed by atoms with Crippen molar-refractivity contribution in [2.45, 2.75) is 19.4 Å². The average molecular weight is 490 g/mol. The fourth-order valence-corrected chi connectivity index (χ4v) is 6.53. The standard InChI is InChI=1S/C35H27N3/c1-3-10-24(11-4-1)25-12-9-15-27(22-25)38-33-23-36-21-20-28(33)29-18-19-32-34(35(29)38)30-16-7-8-17-31(30)37(32)26-13-5-2-6-14-26/h1-17,20-22,36H,18-19,23H2. The summed E-state index contributed by atoms with van der Waals surface area (Å²) in [7, 11) is 0. The molecule has 8 rings (SSSR count). The summed E-state index contributed by atoms with van der Waals surface area (Å²) in [5.41, 5.74) is 14.5. The van der Waals surface area contributed by atoms with Crippen molar-refractivity contribution in [1.82, 2.24) is 14.5 Å². The van der Waals surface area contributed by atoms with Gasteiger partial charge in [0.15, 0.2) is 0 Å². The molecule has 3 nitrogen and oxygen atoms in total. The van der Waals surface area contributed by atoms with Crippen LogP contribution in [-0.4, -0.2) is 9.13 Å². The zero-order valence-electron chi connectivity index (χ0n) is 21.1. The summed E-state index contributed by atoms with van der Waals surface area (Å²) in [6, 6.07) is 39.4. The highest BCUT2D eigenvalue weighted by atomic mass is 15.1.